The maximum atomic E-state index is 12.9. The molecule has 0 spiro atoms. The molecule has 4 nitrogen and oxygen atoms in total. The summed E-state index contributed by atoms with van der Waals surface area (Å²) < 4.78 is 18.6. The van der Waals surface area contributed by atoms with Crippen LogP contribution in [-0.2, 0) is 11.2 Å². The summed E-state index contributed by atoms with van der Waals surface area (Å²) >= 11 is 0. The van der Waals surface area contributed by atoms with Gasteiger partial charge in [-0.05, 0) is 60.5 Å². The number of halogens is 1. The molecular formula is C23H23FN2O2. The summed E-state index contributed by atoms with van der Waals surface area (Å²) in [4.78, 5) is 11.9. The molecule has 0 aliphatic heterocycles. The molecule has 3 rings (SSSR count). The number of rotatable bonds is 9. The molecule has 2 N–H and O–H groups in total. The summed E-state index contributed by atoms with van der Waals surface area (Å²) in [5, 5.41) is 6.10. The summed E-state index contributed by atoms with van der Waals surface area (Å²) in [7, 11) is 0. The predicted molar refractivity (Wildman–Crippen MR) is 109 cm³/mol. The molecule has 0 radical (unpaired) electrons. The summed E-state index contributed by atoms with van der Waals surface area (Å²) in [6.45, 7) is 1.08. The molecule has 0 aliphatic rings. The van der Waals surface area contributed by atoms with Gasteiger partial charge in [0.05, 0.1) is 0 Å². The lowest BCUT2D eigenvalue weighted by Gasteiger charge is -2.09. The highest BCUT2D eigenvalue weighted by molar-refractivity contribution is 5.76. The normalized spacial score (nSPS) is 10.3. The van der Waals surface area contributed by atoms with E-state index >= 15 is 0 Å². The van der Waals surface area contributed by atoms with Crippen LogP contribution in [0.1, 0.15) is 12.0 Å². The molecule has 0 fully saturated rings. The van der Waals surface area contributed by atoms with Crippen molar-refractivity contribution in [2.24, 2.45) is 0 Å². The molecule has 3 aromatic carbocycles. The fourth-order valence-corrected chi connectivity index (χ4v) is 2.67. The summed E-state index contributed by atoms with van der Waals surface area (Å²) in [5.41, 5.74) is 1.93. The molecule has 3 aromatic rings. The Hall–Kier alpha value is -3.34. The van der Waals surface area contributed by atoms with E-state index in [4.69, 9.17) is 4.74 Å². The Morgan fingerprint density at radius 2 is 1.50 bits per heavy atom. The number of ether oxygens (including phenoxy) is 1. The van der Waals surface area contributed by atoms with Crippen LogP contribution in [0, 0.1) is 5.82 Å². The van der Waals surface area contributed by atoms with Crippen molar-refractivity contribution >= 4 is 11.6 Å². The van der Waals surface area contributed by atoms with Crippen molar-refractivity contribution < 1.29 is 13.9 Å². The molecule has 144 valence electrons. The van der Waals surface area contributed by atoms with Gasteiger partial charge in [0.15, 0.2) is 0 Å². The van der Waals surface area contributed by atoms with E-state index in [1.807, 2.05) is 54.6 Å². The van der Waals surface area contributed by atoms with E-state index in [9.17, 15) is 9.18 Å². The molecule has 0 unspecified atom stereocenters. The van der Waals surface area contributed by atoms with Gasteiger partial charge in [0, 0.05) is 25.2 Å². The lowest BCUT2D eigenvalue weighted by molar-refractivity contribution is -0.120. The van der Waals surface area contributed by atoms with Crippen molar-refractivity contribution in [3.8, 4) is 11.5 Å². The van der Waals surface area contributed by atoms with Gasteiger partial charge in [-0.1, -0.05) is 30.3 Å². The van der Waals surface area contributed by atoms with Gasteiger partial charge in [-0.3, -0.25) is 4.79 Å². The molecule has 0 saturated carbocycles. The Kier molecular flexibility index (Phi) is 7.01. The van der Waals surface area contributed by atoms with Crippen molar-refractivity contribution in [2.45, 2.75) is 12.8 Å². The van der Waals surface area contributed by atoms with Crippen LogP contribution in [0.5, 0.6) is 11.5 Å². The standard InChI is InChI=1S/C23H23FN2O2/c24-19-8-6-18(7-9-19)14-16-26-23(27)15-17-25-20-10-12-22(13-11-20)28-21-4-2-1-3-5-21/h1-13,25H,14-17H2,(H,26,27). The number of amides is 1. The molecule has 0 atom stereocenters. The number of hydrogen-bond donors (Lipinski definition) is 2. The van der Waals surface area contributed by atoms with Crippen LogP contribution in [0.2, 0.25) is 0 Å². The van der Waals surface area contributed by atoms with Gasteiger partial charge in [-0.2, -0.15) is 0 Å². The number of carbonyl (C=O) groups is 1. The fourth-order valence-electron chi connectivity index (χ4n) is 2.67. The Morgan fingerprint density at radius 1 is 0.821 bits per heavy atom. The van der Waals surface area contributed by atoms with Crippen molar-refractivity contribution in [1.29, 1.82) is 0 Å². The number of hydrogen-bond acceptors (Lipinski definition) is 3. The first-order valence-corrected chi connectivity index (χ1v) is 9.27. The molecule has 0 aromatic heterocycles. The fraction of sp³-hybridized carbons (Fsp3) is 0.174. The third-order valence-corrected chi connectivity index (χ3v) is 4.16. The highest BCUT2D eigenvalue weighted by atomic mass is 19.1. The van der Waals surface area contributed by atoms with E-state index in [1.165, 1.54) is 12.1 Å². The van der Waals surface area contributed by atoms with Gasteiger partial charge in [0.25, 0.3) is 0 Å². The maximum Gasteiger partial charge on any atom is 0.221 e. The zero-order valence-electron chi connectivity index (χ0n) is 15.5. The van der Waals surface area contributed by atoms with Crippen LogP contribution >= 0.6 is 0 Å². The van der Waals surface area contributed by atoms with Gasteiger partial charge >= 0.3 is 0 Å². The summed E-state index contributed by atoms with van der Waals surface area (Å²) in [6.07, 6.45) is 1.06. The van der Waals surface area contributed by atoms with Crippen LogP contribution in [-0.4, -0.2) is 19.0 Å². The molecular weight excluding hydrogens is 355 g/mol. The number of anilines is 1. The van der Waals surface area contributed by atoms with Crippen LogP contribution in [0.3, 0.4) is 0 Å². The van der Waals surface area contributed by atoms with E-state index in [1.54, 1.807) is 12.1 Å². The number of carbonyl (C=O) groups excluding carboxylic acids is 1. The first-order valence-electron chi connectivity index (χ1n) is 9.27. The Labute approximate surface area is 164 Å². The largest absolute Gasteiger partial charge is 0.457 e. The van der Waals surface area contributed by atoms with Crippen LogP contribution in [0.15, 0.2) is 78.9 Å². The van der Waals surface area contributed by atoms with E-state index < -0.39 is 0 Å². The molecule has 0 heterocycles. The number of para-hydroxylation sites is 1. The van der Waals surface area contributed by atoms with E-state index in [0.29, 0.717) is 25.9 Å². The highest BCUT2D eigenvalue weighted by Gasteiger charge is 2.02. The van der Waals surface area contributed by atoms with Crippen molar-refractivity contribution in [1.82, 2.24) is 5.32 Å². The molecule has 5 heteroatoms. The first kappa shape index (κ1) is 19.4. The first-order chi connectivity index (χ1) is 13.7. The minimum absolute atomic E-state index is 0.0151. The molecule has 1 amide bonds. The van der Waals surface area contributed by atoms with Gasteiger partial charge < -0.3 is 15.4 Å². The van der Waals surface area contributed by atoms with Crippen molar-refractivity contribution in [3.63, 3.8) is 0 Å². The summed E-state index contributed by atoms with van der Waals surface area (Å²) in [5.74, 6) is 1.29. The second-order valence-electron chi connectivity index (χ2n) is 6.34. The zero-order chi connectivity index (χ0) is 19.6. The minimum Gasteiger partial charge on any atom is -0.457 e. The quantitative estimate of drug-likeness (QED) is 0.563. The monoisotopic (exact) mass is 378 g/mol. The molecule has 28 heavy (non-hydrogen) atoms. The maximum absolute atomic E-state index is 12.9. The van der Waals surface area contributed by atoms with Gasteiger partial charge in [0.1, 0.15) is 17.3 Å². The minimum atomic E-state index is -0.251. The third-order valence-electron chi connectivity index (χ3n) is 4.16. The molecule has 0 aliphatic carbocycles. The second kappa shape index (κ2) is 10.1. The van der Waals surface area contributed by atoms with Crippen molar-refractivity contribution in [3.05, 3.63) is 90.2 Å². The topological polar surface area (TPSA) is 50.4 Å². The lowest BCUT2D eigenvalue weighted by Crippen LogP contribution is -2.27. The van der Waals surface area contributed by atoms with Crippen molar-refractivity contribution in [2.75, 3.05) is 18.4 Å². The SMILES string of the molecule is O=C(CCNc1ccc(Oc2ccccc2)cc1)NCCc1ccc(F)cc1. The second-order valence-corrected chi connectivity index (χ2v) is 6.34. The predicted octanol–water partition coefficient (Wildman–Crippen LogP) is 4.78. The van der Waals surface area contributed by atoms with Crippen LogP contribution in [0.25, 0.3) is 0 Å². The highest BCUT2D eigenvalue weighted by Crippen LogP contribution is 2.22. The van der Waals surface area contributed by atoms with E-state index in [-0.39, 0.29) is 11.7 Å². The van der Waals surface area contributed by atoms with Crippen LogP contribution in [0.4, 0.5) is 10.1 Å². The Bertz CT molecular complexity index is 865. The van der Waals surface area contributed by atoms with Gasteiger partial charge in [0.2, 0.25) is 5.91 Å². The van der Waals surface area contributed by atoms with Crippen LogP contribution < -0.4 is 15.4 Å². The van der Waals surface area contributed by atoms with Gasteiger partial charge in [-0.15, -0.1) is 0 Å². The van der Waals surface area contributed by atoms with E-state index in [2.05, 4.69) is 10.6 Å². The zero-order valence-corrected chi connectivity index (χ0v) is 15.5. The average molecular weight is 378 g/mol. The molecule has 0 saturated heterocycles. The number of nitrogens with one attached hydrogen (secondary N) is 2. The summed E-state index contributed by atoms with van der Waals surface area (Å²) in [6, 6.07) is 23.5. The number of benzene rings is 3. The smallest absolute Gasteiger partial charge is 0.221 e. The average Bonchev–Trinajstić information content (AvgIpc) is 2.72. The molecule has 0 bridgehead atoms. The van der Waals surface area contributed by atoms with E-state index in [0.717, 1.165) is 22.7 Å². The third kappa shape index (κ3) is 6.43. The van der Waals surface area contributed by atoms with Gasteiger partial charge in [-0.25, -0.2) is 4.39 Å². The lowest BCUT2D eigenvalue weighted by atomic mass is 10.1. The Balaban J connectivity index is 1.34. The Morgan fingerprint density at radius 3 is 2.21 bits per heavy atom.